The topological polar surface area (TPSA) is 69.9 Å². The Hall–Kier alpha value is -0.840. The number of hydrogen-bond acceptors (Lipinski definition) is 4. The van der Waals surface area contributed by atoms with Crippen molar-refractivity contribution in [1.82, 2.24) is 0 Å². The fourth-order valence-corrected chi connectivity index (χ4v) is 3.72. The molecule has 0 amide bonds. The van der Waals surface area contributed by atoms with Gasteiger partial charge in [0.05, 0.1) is 37.6 Å². The summed E-state index contributed by atoms with van der Waals surface area (Å²) in [4.78, 5) is 0. The van der Waals surface area contributed by atoms with Gasteiger partial charge in [0.25, 0.3) is 0 Å². The molecule has 0 heterocycles. The molecule has 4 unspecified atom stereocenters. The SMILES string of the molecule is OCC(CO)(CO)COC1=CC2CC1C1C=CCC21. The Morgan fingerprint density at radius 1 is 1.21 bits per heavy atom. The molecule has 106 valence electrons. The lowest BCUT2D eigenvalue weighted by Crippen LogP contribution is -2.39. The van der Waals surface area contributed by atoms with Crippen LogP contribution in [0.4, 0.5) is 0 Å². The van der Waals surface area contributed by atoms with Crippen LogP contribution in [0.2, 0.25) is 0 Å². The van der Waals surface area contributed by atoms with Crippen molar-refractivity contribution in [2.45, 2.75) is 12.8 Å². The van der Waals surface area contributed by atoms with Gasteiger partial charge in [0.1, 0.15) is 0 Å². The molecule has 4 nitrogen and oxygen atoms in total. The van der Waals surface area contributed by atoms with Crippen LogP contribution in [0.5, 0.6) is 0 Å². The molecule has 0 spiro atoms. The van der Waals surface area contributed by atoms with Crippen LogP contribution < -0.4 is 0 Å². The smallest absolute Gasteiger partial charge is 0.1000 e. The maximum atomic E-state index is 9.30. The summed E-state index contributed by atoms with van der Waals surface area (Å²) in [6, 6.07) is 0. The van der Waals surface area contributed by atoms with E-state index in [1.54, 1.807) is 0 Å². The zero-order valence-corrected chi connectivity index (χ0v) is 11.0. The van der Waals surface area contributed by atoms with Gasteiger partial charge in [-0.1, -0.05) is 12.2 Å². The van der Waals surface area contributed by atoms with Crippen molar-refractivity contribution in [3.05, 3.63) is 24.0 Å². The van der Waals surface area contributed by atoms with E-state index in [1.165, 1.54) is 12.8 Å². The van der Waals surface area contributed by atoms with Crippen molar-refractivity contribution in [1.29, 1.82) is 0 Å². The van der Waals surface area contributed by atoms with Crippen molar-refractivity contribution >= 4 is 0 Å². The second kappa shape index (κ2) is 4.93. The maximum absolute atomic E-state index is 9.30. The highest BCUT2D eigenvalue weighted by Crippen LogP contribution is 2.56. The summed E-state index contributed by atoms with van der Waals surface area (Å²) in [6.07, 6.45) is 9.15. The Morgan fingerprint density at radius 2 is 1.95 bits per heavy atom. The lowest BCUT2D eigenvalue weighted by atomic mass is 9.84. The molecule has 1 fully saturated rings. The second-order valence-corrected chi connectivity index (χ2v) is 6.24. The average molecular weight is 266 g/mol. The predicted molar refractivity (Wildman–Crippen MR) is 70.1 cm³/mol. The van der Waals surface area contributed by atoms with Crippen LogP contribution in [0.1, 0.15) is 12.8 Å². The highest BCUT2D eigenvalue weighted by Gasteiger charge is 2.49. The van der Waals surface area contributed by atoms with E-state index in [0.29, 0.717) is 17.8 Å². The maximum Gasteiger partial charge on any atom is 0.1000 e. The first-order valence-electron chi connectivity index (χ1n) is 7.07. The minimum atomic E-state index is -0.937. The van der Waals surface area contributed by atoms with Crippen LogP contribution in [-0.4, -0.2) is 41.7 Å². The zero-order valence-electron chi connectivity index (χ0n) is 11.0. The molecule has 4 heteroatoms. The number of hydrogen-bond donors (Lipinski definition) is 3. The quantitative estimate of drug-likeness (QED) is 0.619. The van der Waals surface area contributed by atoms with Crippen LogP contribution >= 0.6 is 0 Å². The summed E-state index contributed by atoms with van der Waals surface area (Å²) in [6.45, 7) is -0.638. The molecule has 3 aliphatic carbocycles. The van der Waals surface area contributed by atoms with Crippen molar-refractivity contribution in [3.63, 3.8) is 0 Å². The van der Waals surface area contributed by atoms with Gasteiger partial charge in [-0.2, -0.15) is 0 Å². The van der Waals surface area contributed by atoms with Crippen molar-refractivity contribution in [3.8, 4) is 0 Å². The molecule has 1 saturated carbocycles. The average Bonchev–Trinajstić information content (AvgIpc) is 3.13. The van der Waals surface area contributed by atoms with Crippen molar-refractivity contribution in [2.24, 2.45) is 29.1 Å². The zero-order chi connectivity index (χ0) is 13.5. The molecule has 0 radical (unpaired) electrons. The Balaban J connectivity index is 1.64. The lowest BCUT2D eigenvalue weighted by Gasteiger charge is -2.30. The Bertz CT molecular complexity index is 389. The molecule has 0 saturated heterocycles. The van der Waals surface area contributed by atoms with Gasteiger partial charge < -0.3 is 20.1 Å². The van der Waals surface area contributed by atoms with Gasteiger partial charge in [0.2, 0.25) is 0 Å². The van der Waals surface area contributed by atoms with Gasteiger partial charge in [-0.3, -0.25) is 0 Å². The van der Waals surface area contributed by atoms with E-state index in [9.17, 15) is 15.3 Å². The molecule has 0 aromatic rings. The summed E-state index contributed by atoms with van der Waals surface area (Å²) >= 11 is 0. The summed E-state index contributed by atoms with van der Waals surface area (Å²) in [7, 11) is 0. The van der Waals surface area contributed by atoms with Crippen molar-refractivity contribution < 1.29 is 20.1 Å². The van der Waals surface area contributed by atoms with Gasteiger partial charge >= 0.3 is 0 Å². The molecule has 0 aromatic heterocycles. The fourth-order valence-electron chi connectivity index (χ4n) is 3.72. The number of rotatable bonds is 6. The van der Waals surface area contributed by atoms with Gasteiger partial charge in [0, 0.05) is 5.92 Å². The number of aliphatic hydroxyl groups excluding tert-OH is 3. The molecule has 0 aromatic carbocycles. The minimum Gasteiger partial charge on any atom is -0.497 e. The number of ether oxygens (including phenoxy) is 1. The number of allylic oxidation sites excluding steroid dienone is 4. The summed E-state index contributed by atoms with van der Waals surface area (Å²) < 4.78 is 5.83. The van der Waals surface area contributed by atoms with E-state index in [-0.39, 0.29) is 26.4 Å². The molecular weight excluding hydrogens is 244 g/mol. The molecule has 19 heavy (non-hydrogen) atoms. The van der Waals surface area contributed by atoms with Gasteiger partial charge in [-0.15, -0.1) is 0 Å². The first-order valence-corrected chi connectivity index (χ1v) is 7.07. The van der Waals surface area contributed by atoms with Gasteiger partial charge in [-0.05, 0) is 36.7 Å². The third-order valence-corrected chi connectivity index (χ3v) is 5.10. The van der Waals surface area contributed by atoms with Crippen LogP contribution in [0.25, 0.3) is 0 Å². The van der Waals surface area contributed by atoms with Crippen LogP contribution in [-0.2, 0) is 4.74 Å². The second-order valence-electron chi connectivity index (χ2n) is 6.24. The molecule has 0 aliphatic heterocycles. The monoisotopic (exact) mass is 266 g/mol. The first kappa shape index (κ1) is 13.2. The van der Waals surface area contributed by atoms with E-state index in [0.717, 1.165) is 11.7 Å². The highest BCUT2D eigenvalue weighted by molar-refractivity contribution is 5.25. The van der Waals surface area contributed by atoms with Crippen LogP contribution in [0.3, 0.4) is 0 Å². The summed E-state index contributed by atoms with van der Waals surface area (Å²) in [5.41, 5.74) is -0.937. The molecule has 3 rings (SSSR count). The lowest BCUT2D eigenvalue weighted by molar-refractivity contribution is -0.0466. The van der Waals surface area contributed by atoms with Gasteiger partial charge in [-0.25, -0.2) is 0 Å². The van der Waals surface area contributed by atoms with E-state index in [1.807, 2.05) is 0 Å². The third-order valence-electron chi connectivity index (χ3n) is 5.10. The molecule has 2 bridgehead atoms. The summed E-state index contributed by atoms with van der Waals surface area (Å²) in [5, 5.41) is 27.9. The standard InChI is InChI=1S/C15H22O4/c16-6-15(7-17,8-18)9-19-14-5-10-4-13(14)12-3-1-2-11(10)12/h1,3,5,10-13,16-18H,2,4,6-9H2. The molecule has 3 aliphatic rings. The number of fused-ring (bicyclic) bond motifs is 5. The van der Waals surface area contributed by atoms with Crippen LogP contribution in [0, 0.1) is 29.1 Å². The largest absolute Gasteiger partial charge is 0.497 e. The molecule has 3 N–H and O–H groups in total. The molecular formula is C15H22O4. The normalized spacial score (nSPS) is 35.6. The third kappa shape index (κ3) is 2.02. The Kier molecular flexibility index (Phi) is 3.41. The van der Waals surface area contributed by atoms with E-state index in [4.69, 9.17) is 4.74 Å². The van der Waals surface area contributed by atoms with Gasteiger partial charge in [0.15, 0.2) is 0 Å². The first-order chi connectivity index (χ1) is 9.23. The fraction of sp³-hybridized carbons (Fsp3) is 0.733. The van der Waals surface area contributed by atoms with E-state index >= 15 is 0 Å². The minimum absolute atomic E-state index is 0.173. The number of aliphatic hydroxyl groups is 3. The molecule has 4 atom stereocenters. The predicted octanol–water partition coefficient (Wildman–Crippen LogP) is 0.692. The Morgan fingerprint density at radius 3 is 2.63 bits per heavy atom. The summed E-state index contributed by atoms with van der Waals surface area (Å²) in [5.74, 6) is 3.44. The highest BCUT2D eigenvalue weighted by atomic mass is 16.5. The Labute approximate surface area is 113 Å². The van der Waals surface area contributed by atoms with Crippen LogP contribution in [0.15, 0.2) is 24.0 Å². The van der Waals surface area contributed by atoms with E-state index < -0.39 is 5.41 Å². The van der Waals surface area contributed by atoms with Crippen molar-refractivity contribution in [2.75, 3.05) is 26.4 Å². The van der Waals surface area contributed by atoms with E-state index in [2.05, 4.69) is 18.2 Å².